The highest BCUT2D eigenvalue weighted by Crippen LogP contribution is 2.15. The number of hydrogen-bond donors (Lipinski definition) is 1. The second-order valence-corrected chi connectivity index (χ2v) is 4.79. The van der Waals surface area contributed by atoms with E-state index in [1.165, 1.54) is 6.42 Å². The molecule has 2 heteroatoms. The van der Waals surface area contributed by atoms with Crippen LogP contribution in [0, 0.1) is 5.92 Å². The number of likely N-dealkylation sites (N-methyl/N-ethyl adjacent to an activating group) is 1. The summed E-state index contributed by atoms with van der Waals surface area (Å²) in [6.45, 7) is 9.42. The molecule has 96 valence electrons. The Morgan fingerprint density at radius 3 is 2.29 bits per heavy atom. The Morgan fingerprint density at radius 2 is 1.76 bits per heavy atom. The molecule has 0 aliphatic rings. The summed E-state index contributed by atoms with van der Waals surface area (Å²) in [6.07, 6.45) is 0.818. The van der Waals surface area contributed by atoms with Crippen LogP contribution in [0.4, 0.5) is 0 Å². The van der Waals surface area contributed by atoms with Gasteiger partial charge in [0.15, 0.2) is 0 Å². The first-order chi connectivity index (χ1) is 8.17. The van der Waals surface area contributed by atoms with Gasteiger partial charge in [0.25, 0.3) is 0 Å². The average molecular weight is 235 g/mol. The fourth-order valence-electron chi connectivity index (χ4n) is 1.93. The summed E-state index contributed by atoms with van der Waals surface area (Å²) in [6, 6.07) is 9.91. The molecule has 0 bridgehead atoms. The summed E-state index contributed by atoms with van der Waals surface area (Å²) < 4.78 is 0. The van der Waals surface area contributed by atoms with Crippen molar-refractivity contribution in [3.8, 4) is 0 Å². The summed E-state index contributed by atoms with van der Waals surface area (Å²) >= 11 is 0. The molecular weight excluding hydrogens is 210 g/mol. The largest absolute Gasteiger partial charge is 0.387 e. The van der Waals surface area contributed by atoms with Crippen LogP contribution in [-0.4, -0.2) is 29.6 Å². The quantitative estimate of drug-likeness (QED) is 0.785. The minimum Gasteiger partial charge on any atom is -0.387 e. The van der Waals surface area contributed by atoms with E-state index in [1.807, 2.05) is 30.3 Å². The SMILES string of the molecule is CCC(C)CN(CC)CC(O)c1ccccc1. The van der Waals surface area contributed by atoms with E-state index >= 15 is 0 Å². The molecule has 2 atom stereocenters. The third kappa shape index (κ3) is 4.88. The summed E-state index contributed by atoms with van der Waals surface area (Å²) in [5, 5.41) is 10.2. The summed E-state index contributed by atoms with van der Waals surface area (Å²) in [5.74, 6) is 0.693. The van der Waals surface area contributed by atoms with Gasteiger partial charge in [-0.3, -0.25) is 0 Å². The normalized spacial score (nSPS) is 14.9. The summed E-state index contributed by atoms with van der Waals surface area (Å²) in [5.41, 5.74) is 1.01. The molecule has 0 aromatic heterocycles. The van der Waals surface area contributed by atoms with Crippen molar-refractivity contribution in [3.63, 3.8) is 0 Å². The predicted molar refractivity (Wildman–Crippen MR) is 73.0 cm³/mol. The van der Waals surface area contributed by atoms with Gasteiger partial charge in [-0.05, 0) is 18.0 Å². The van der Waals surface area contributed by atoms with Crippen LogP contribution >= 0.6 is 0 Å². The zero-order valence-electron chi connectivity index (χ0n) is 11.3. The molecule has 0 heterocycles. The Hall–Kier alpha value is -0.860. The van der Waals surface area contributed by atoms with Crippen LogP contribution in [0.2, 0.25) is 0 Å². The molecule has 17 heavy (non-hydrogen) atoms. The lowest BCUT2D eigenvalue weighted by atomic mass is 10.1. The molecule has 1 aromatic rings. The highest BCUT2D eigenvalue weighted by molar-refractivity contribution is 5.17. The monoisotopic (exact) mass is 235 g/mol. The zero-order chi connectivity index (χ0) is 12.7. The van der Waals surface area contributed by atoms with Crippen molar-refractivity contribution in [2.24, 2.45) is 5.92 Å². The zero-order valence-corrected chi connectivity index (χ0v) is 11.3. The predicted octanol–water partition coefficient (Wildman–Crippen LogP) is 3.09. The second-order valence-electron chi connectivity index (χ2n) is 4.79. The number of rotatable bonds is 7. The van der Waals surface area contributed by atoms with E-state index in [0.717, 1.165) is 25.2 Å². The van der Waals surface area contributed by atoms with E-state index in [0.29, 0.717) is 5.92 Å². The van der Waals surface area contributed by atoms with Gasteiger partial charge in [0.05, 0.1) is 6.10 Å². The first kappa shape index (κ1) is 14.2. The smallest absolute Gasteiger partial charge is 0.0916 e. The molecule has 1 aromatic carbocycles. The maximum atomic E-state index is 10.2. The van der Waals surface area contributed by atoms with Crippen molar-refractivity contribution >= 4 is 0 Å². The van der Waals surface area contributed by atoms with Crippen LogP contribution in [-0.2, 0) is 0 Å². The maximum Gasteiger partial charge on any atom is 0.0916 e. The van der Waals surface area contributed by atoms with Gasteiger partial charge in [-0.2, -0.15) is 0 Å². The van der Waals surface area contributed by atoms with E-state index < -0.39 is 0 Å². The van der Waals surface area contributed by atoms with Crippen molar-refractivity contribution in [3.05, 3.63) is 35.9 Å². The van der Waals surface area contributed by atoms with Gasteiger partial charge < -0.3 is 10.0 Å². The van der Waals surface area contributed by atoms with Gasteiger partial charge in [-0.25, -0.2) is 0 Å². The molecule has 0 saturated carbocycles. The Labute approximate surface area is 105 Å². The van der Waals surface area contributed by atoms with E-state index in [-0.39, 0.29) is 6.10 Å². The van der Waals surface area contributed by atoms with Crippen LogP contribution in [0.3, 0.4) is 0 Å². The van der Waals surface area contributed by atoms with Crippen molar-refractivity contribution in [2.75, 3.05) is 19.6 Å². The van der Waals surface area contributed by atoms with Gasteiger partial charge in [-0.1, -0.05) is 57.5 Å². The van der Waals surface area contributed by atoms with Gasteiger partial charge in [0.2, 0.25) is 0 Å². The molecular formula is C15H25NO. The van der Waals surface area contributed by atoms with Gasteiger partial charge in [0, 0.05) is 13.1 Å². The van der Waals surface area contributed by atoms with E-state index in [4.69, 9.17) is 0 Å². The van der Waals surface area contributed by atoms with E-state index in [9.17, 15) is 5.11 Å². The summed E-state index contributed by atoms with van der Waals surface area (Å²) in [4.78, 5) is 2.33. The molecule has 0 spiro atoms. The topological polar surface area (TPSA) is 23.5 Å². The molecule has 0 radical (unpaired) electrons. The lowest BCUT2D eigenvalue weighted by Crippen LogP contribution is -2.32. The first-order valence-corrected chi connectivity index (χ1v) is 6.62. The minimum atomic E-state index is -0.375. The molecule has 1 rings (SSSR count). The standard InChI is InChI=1S/C15H25NO/c1-4-13(3)11-16(5-2)12-15(17)14-9-7-6-8-10-14/h6-10,13,15,17H,4-5,11-12H2,1-3H3. The second kappa shape index (κ2) is 7.46. The highest BCUT2D eigenvalue weighted by atomic mass is 16.3. The molecule has 0 fully saturated rings. The molecule has 0 amide bonds. The fraction of sp³-hybridized carbons (Fsp3) is 0.600. The van der Waals surface area contributed by atoms with Crippen molar-refractivity contribution in [1.29, 1.82) is 0 Å². The number of nitrogens with zero attached hydrogens (tertiary/aromatic N) is 1. The fourth-order valence-corrected chi connectivity index (χ4v) is 1.93. The lowest BCUT2D eigenvalue weighted by Gasteiger charge is -2.26. The molecule has 0 aliphatic carbocycles. The van der Waals surface area contributed by atoms with Crippen molar-refractivity contribution in [1.82, 2.24) is 4.90 Å². The Kier molecular flexibility index (Phi) is 6.23. The van der Waals surface area contributed by atoms with E-state index in [2.05, 4.69) is 25.7 Å². The minimum absolute atomic E-state index is 0.375. The van der Waals surface area contributed by atoms with Crippen LogP contribution in [0.25, 0.3) is 0 Å². The third-order valence-electron chi connectivity index (χ3n) is 3.33. The number of hydrogen-bond acceptors (Lipinski definition) is 2. The third-order valence-corrected chi connectivity index (χ3v) is 3.33. The van der Waals surface area contributed by atoms with Crippen LogP contribution in [0.15, 0.2) is 30.3 Å². The van der Waals surface area contributed by atoms with Gasteiger partial charge in [0.1, 0.15) is 0 Å². The molecule has 2 unspecified atom stereocenters. The molecule has 0 saturated heterocycles. The van der Waals surface area contributed by atoms with E-state index in [1.54, 1.807) is 0 Å². The number of benzene rings is 1. The lowest BCUT2D eigenvalue weighted by molar-refractivity contribution is 0.107. The average Bonchev–Trinajstić information content (AvgIpc) is 2.38. The van der Waals surface area contributed by atoms with Crippen LogP contribution < -0.4 is 0 Å². The van der Waals surface area contributed by atoms with Crippen LogP contribution in [0.5, 0.6) is 0 Å². The van der Waals surface area contributed by atoms with Gasteiger partial charge in [-0.15, -0.1) is 0 Å². The Morgan fingerprint density at radius 1 is 1.12 bits per heavy atom. The summed E-state index contributed by atoms with van der Waals surface area (Å²) in [7, 11) is 0. The first-order valence-electron chi connectivity index (χ1n) is 6.62. The molecule has 0 aliphatic heterocycles. The Bertz CT molecular complexity index is 299. The van der Waals surface area contributed by atoms with Crippen molar-refractivity contribution in [2.45, 2.75) is 33.3 Å². The van der Waals surface area contributed by atoms with Crippen molar-refractivity contribution < 1.29 is 5.11 Å². The van der Waals surface area contributed by atoms with Gasteiger partial charge >= 0.3 is 0 Å². The maximum absolute atomic E-state index is 10.2. The van der Waals surface area contributed by atoms with Crippen LogP contribution in [0.1, 0.15) is 38.9 Å². The molecule has 1 N–H and O–H groups in total. The number of aliphatic hydroxyl groups is 1. The highest BCUT2D eigenvalue weighted by Gasteiger charge is 2.13. The Balaban J connectivity index is 2.50. The molecule has 2 nitrogen and oxygen atoms in total. The number of aliphatic hydroxyl groups excluding tert-OH is 1.